The molecule has 0 radical (unpaired) electrons. The summed E-state index contributed by atoms with van der Waals surface area (Å²) in [6.45, 7) is 0.107. The molecule has 1 amide bonds. The summed E-state index contributed by atoms with van der Waals surface area (Å²) in [6, 6.07) is 0. The Balaban J connectivity index is 5.22. The molecule has 5 nitrogen and oxygen atoms in total. The highest BCUT2D eigenvalue weighted by Gasteiger charge is 2.44. The Labute approximate surface area is 104 Å². The number of hydrogen-bond donors (Lipinski definition) is 1. The van der Waals surface area contributed by atoms with Gasteiger partial charge in [-0.1, -0.05) is 0 Å². The van der Waals surface area contributed by atoms with E-state index in [1.54, 1.807) is 0 Å². The molecular formula is C9H17F3N2O3S. The Kier molecular flexibility index (Phi) is 5.18. The number of carbonyl (C=O) groups is 1. The van der Waals surface area contributed by atoms with Gasteiger partial charge in [0.05, 0.1) is 0 Å². The highest BCUT2D eigenvalue weighted by molar-refractivity contribution is 7.92. The van der Waals surface area contributed by atoms with Gasteiger partial charge < -0.3 is 10.6 Å². The molecule has 0 aliphatic rings. The van der Waals surface area contributed by atoms with Crippen LogP contribution in [0.25, 0.3) is 0 Å². The van der Waals surface area contributed by atoms with E-state index < -0.39 is 33.2 Å². The van der Waals surface area contributed by atoms with Crippen LogP contribution in [0.2, 0.25) is 0 Å². The van der Waals surface area contributed by atoms with E-state index in [0.717, 1.165) is 20.1 Å². The van der Waals surface area contributed by atoms with Crippen LogP contribution in [0.15, 0.2) is 0 Å². The molecule has 9 heteroatoms. The average Bonchev–Trinajstić information content (AvgIpc) is 2.12. The first-order valence-electron chi connectivity index (χ1n) is 5.08. The monoisotopic (exact) mass is 290 g/mol. The zero-order chi connectivity index (χ0) is 14.8. The highest BCUT2D eigenvalue weighted by Crippen LogP contribution is 2.22. The summed E-state index contributed by atoms with van der Waals surface area (Å²) in [4.78, 5) is 12.3. The number of sulfone groups is 1. The maximum atomic E-state index is 12.3. The Bertz CT molecular complexity index is 404. The lowest BCUT2D eigenvalue weighted by molar-refractivity contribution is -0.162. The maximum Gasteiger partial charge on any atom is 0.406 e. The number of halogens is 3. The van der Waals surface area contributed by atoms with E-state index in [4.69, 9.17) is 5.73 Å². The summed E-state index contributed by atoms with van der Waals surface area (Å²) < 4.78 is 57.8. The highest BCUT2D eigenvalue weighted by atomic mass is 32.2. The Morgan fingerprint density at radius 3 is 2.00 bits per heavy atom. The minimum atomic E-state index is -4.60. The lowest BCUT2D eigenvalue weighted by Gasteiger charge is -2.31. The molecule has 0 rings (SSSR count). The van der Waals surface area contributed by atoms with E-state index >= 15 is 0 Å². The third-order valence-corrected chi connectivity index (χ3v) is 4.53. The first kappa shape index (κ1) is 17.2. The molecule has 0 fully saturated rings. The van der Waals surface area contributed by atoms with E-state index in [9.17, 15) is 26.4 Å². The van der Waals surface area contributed by atoms with Crippen molar-refractivity contribution in [2.45, 2.75) is 24.8 Å². The van der Waals surface area contributed by atoms with E-state index in [2.05, 4.69) is 0 Å². The molecule has 0 atom stereocenters. The maximum absolute atomic E-state index is 12.3. The van der Waals surface area contributed by atoms with Crippen molar-refractivity contribution in [2.75, 3.05) is 25.9 Å². The van der Waals surface area contributed by atoms with Gasteiger partial charge in [-0.05, 0) is 13.8 Å². The Hall–Kier alpha value is -0.830. The van der Waals surface area contributed by atoms with Crippen LogP contribution in [0.4, 0.5) is 13.2 Å². The van der Waals surface area contributed by atoms with Crippen LogP contribution >= 0.6 is 0 Å². The lowest BCUT2D eigenvalue weighted by atomic mass is 10.1. The summed E-state index contributed by atoms with van der Waals surface area (Å²) in [5, 5.41) is 0. The molecule has 108 valence electrons. The van der Waals surface area contributed by atoms with Gasteiger partial charge in [-0.3, -0.25) is 4.79 Å². The summed E-state index contributed by atoms with van der Waals surface area (Å²) in [6.07, 6.45) is -3.79. The van der Waals surface area contributed by atoms with Crippen molar-refractivity contribution < 1.29 is 26.4 Å². The van der Waals surface area contributed by atoms with Gasteiger partial charge in [-0.25, -0.2) is 8.42 Å². The number of carbonyl (C=O) groups excluding carboxylic acids is 1. The van der Waals surface area contributed by atoms with Crippen LogP contribution in [-0.4, -0.2) is 56.0 Å². The summed E-state index contributed by atoms with van der Waals surface area (Å²) >= 11 is 0. The number of nitrogens with two attached hydrogens (primary N) is 1. The number of nitrogens with zero attached hydrogens (tertiary/aromatic N) is 1. The number of amides is 1. The average molecular weight is 290 g/mol. The first-order chi connectivity index (χ1) is 7.83. The zero-order valence-corrected chi connectivity index (χ0v) is 11.2. The van der Waals surface area contributed by atoms with Gasteiger partial charge in [0.1, 0.15) is 11.3 Å². The second-order valence-corrected chi connectivity index (χ2v) is 6.98. The zero-order valence-electron chi connectivity index (χ0n) is 10.4. The topological polar surface area (TPSA) is 80.5 Å². The van der Waals surface area contributed by atoms with Gasteiger partial charge in [0.2, 0.25) is 5.91 Å². The third-order valence-electron chi connectivity index (χ3n) is 2.50. The van der Waals surface area contributed by atoms with Crippen molar-refractivity contribution in [1.29, 1.82) is 0 Å². The predicted molar refractivity (Wildman–Crippen MR) is 60.6 cm³/mol. The molecule has 0 aliphatic carbocycles. The summed E-state index contributed by atoms with van der Waals surface area (Å²) in [5.74, 6) is -1.10. The van der Waals surface area contributed by atoms with Gasteiger partial charge in [0.25, 0.3) is 0 Å². The van der Waals surface area contributed by atoms with Gasteiger partial charge >= 0.3 is 6.18 Å². The molecule has 18 heavy (non-hydrogen) atoms. The van der Waals surface area contributed by atoms with Gasteiger partial charge in [-0.2, -0.15) is 13.2 Å². The lowest BCUT2D eigenvalue weighted by Crippen LogP contribution is -2.53. The normalized spacial score (nSPS) is 13.5. The van der Waals surface area contributed by atoms with Crippen LogP contribution in [0.1, 0.15) is 13.8 Å². The molecule has 0 saturated heterocycles. The molecule has 0 heterocycles. The van der Waals surface area contributed by atoms with Crippen molar-refractivity contribution in [1.82, 2.24) is 4.90 Å². The third kappa shape index (κ3) is 4.45. The molecule has 0 unspecified atom stereocenters. The second kappa shape index (κ2) is 5.43. The van der Waals surface area contributed by atoms with Crippen molar-refractivity contribution in [3.63, 3.8) is 0 Å². The van der Waals surface area contributed by atoms with Crippen LogP contribution in [0.3, 0.4) is 0 Å². The smallest absolute Gasteiger partial charge is 0.331 e. The Morgan fingerprint density at radius 1 is 1.28 bits per heavy atom. The molecule has 0 aromatic rings. The standard InChI is InChI=1S/C9H17F3N2O3S/c1-8(2,18(3,16)17)7(15)14(5-4-13)6-9(10,11)12/h4-6,13H2,1-3H3. The molecule has 0 saturated carbocycles. The van der Waals surface area contributed by atoms with Crippen molar-refractivity contribution in [3.05, 3.63) is 0 Å². The summed E-state index contributed by atoms with van der Waals surface area (Å²) in [5.41, 5.74) is 5.13. The number of alkyl halides is 3. The molecule has 2 N–H and O–H groups in total. The largest absolute Gasteiger partial charge is 0.406 e. The van der Waals surface area contributed by atoms with E-state index in [0.29, 0.717) is 4.90 Å². The fourth-order valence-corrected chi connectivity index (χ4v) is 1.61. The summed E-state index contributed by atoms with van der Waals surface area (Å²) in [7, 11) is -3.82. The fraction of sp³-hybridized carbons (Fsp3) is 0.889. The molecule has 0 aliphatic heterocycles. The van der Waals surface area contributed by atoms with Crippen LogP contribution in [0.5, 0.6) is 0 Å². The first-order valence-corrected chi connectivity index (χ1v) is 6.98. The SMILES string of the molecule is CC(C)(C(=O)N(CCN)CC(F)(F)F)S(C)(=O)=O. The minimum Gasteiger partial charge on any atom is -0.331 e. The van der Waals surface area contributed by atoms with E-state index in [-0.39, 0.29) is 13.1 Å². The predicted octanol–water partition coefficient (Wildman–Crippen LogP) is 0.159. The minimum absolute atomic E-state index is 0.179. The van der Waals surface area contributed by atoms with Crippen LogP contribution < -0.4 is 5.73 Å². The van der Waals surface area contributed by atoms with Gasteiger partial charge in [-0.15, -0.1) is 0 Å². The van der Waals surface area contributed by atoms with Crippen LogP contribution in [-0.2, 0) is 14.6 Å². The Morgan fingerprint density at radius 2 is 1.72 bits per heavy atom. The van der Waals surface area contributed by atoms with E-state index in [1.165, 1.54) is 0 Å². The van der Waals surface area contributed by atoms with Crippen molar-refractivity contribution >= 4 is 15.7 Å². The molecule has 0 aromatic carbocycles. The van der Waals surface area contributed by atoms with E-state index in [1.807, 2.05) is 0 Å². The number of hydrogen-bond acceptors (Lipinski definition) is 4. The van der Waals surface area contributed by atoms with Gasteiger partial charge in [0, 0.05) is 19.3 Å². The van der Waals surface area contributed by atoms with Gasteiger partial charge in [0.15, 0.2) is 9.84 Å². The fourth-order valence-electron chi connectivity index (χ4n) is 1.16. The molecular weight excluding hydrogens is 273 g/mol. The molecule has 0 aromatic heterocycles. The van der Waals surface area contributed by atoms with Crippen LogP contribution in [0, 0.1) is 0 Å². The van der Waals surface area contributed by atoms with Crippen molar-refractivity contribution in [3.8, 4) is 0 Å². The van der Waals surface area contributed by atoms with Crippen molar-refractivity contribution in [2.24, 2.45) is 5.73 Å². The number of rotatable bonds is 5. The quantitative estimate of drug-likeness (QED) is 0.782. The molecule has 0 bridgehead atoms. The second-order valence-electron chi connectivity index (χ2n) is 4.41. The molecule has 0 spiro atoms.